The molecule has 4 aromatic rings. The van der Waals surface area contributed by atoms with E-state index < -0.39 is 10.0 Å². The molecule has 204 valence electrons. The molecule has 1 fully saturated rings. The average molecular weight is 563 g/mol. The number of hydrogen-bond acceptors (Lipinski definition) is 6. The number of thiazole rings is 1. The molecule has 0 saturated carbocycles. The molecule has 9 heteroatoms. The largest absolute Gasteiger partial charge is 0.279 e. The molecule has 0 bridgehead atoms. The SMILES string of the molecule is CC1CC(C)CN(S(=O)(=O)c2ccc(C(=O)N(Cc3cccnc3)c3nc4c(C(C)C)cccc4s3)cc2)C1. The van der Waals surface area contributed by atoms with E-state index in [2.05, 4.69) is 38.7 Å². The molecule has 7 nitrogen and oxygen atoms in total. The minimum absolute atomic E-state index is 0.209. The van der Waals surface area contributed by atoms with Crippen LogP contribution in [0.3, 0.4) is 0 Å². The number of carbonyl (C=O) groups is 1. The molecule has 0 radical (unpaired) electrons. The van der Waals surface area contributed by atoms with Crippen LogP contribution in [-0.2, 0) is 16.6 Å². The third-order valence-corrected chi connectivity index (χ3v) is 10.1. The van der Waals surface area contributed by atoms with E-state index in [1.165, 1.54) is 11.3 Å². The summed E-state index contributed by atoms with van der Waals surface area (Å²) in [6, 6.07) is 16.2. The Morgan fingerprint density at radius 1 is 1.05 bits per heavy atom. The van der Waals surface area contributed by atoms with Crippen LogP contribution in [0.1, 0.15) is 61.5 Å². The topological polar surface area (TPSA) is 83.5 Å². The number of anilines is 1. The lowest BCUT2D eigenvalue weighted by molar-refractivity contribution is 0.0985. The molecule has 2 aromatic heterocycles. The van der Waals surface area contributed by atoms with Gasteiger partial charge >= 0.3 is 0 Å². The number of carbonyl (C=O) groups excluding carboxylic acids is 1. The fourth-order valence-corrected chi connectivity index (χ4v) is 7.99. The van der Waals surface area contributed by atoms with Crippen molar-refractivity contribution in [2.45, 2.75) is 51.5 Å². The summed E-state index contributed by atoms with van der Waals surface area (Å²) in [6.07, 6.45) is 4.46. The van der Waals surface area contributed by atoms with E-state index in [1.54, 1.807) is 45.9 Å². The lowest BCUT2D eigenvalue weighted by Gasteiger charge is -2.34. The summed E-state index contributed by atoms with van der Waals surface area (Å²) >= 11 is 1.48. The zero-order valence-electron chi connectivity index (χ0n) is 22.7. The van der Waals surface area contributed by atoms with Gasteiger partial charge in [0.25, 0.3) is 5.91 Å². The highest BCUT2D eigenvalue weighted by Gasteiger charge is 2.32. The number of piperidine rings is 1. The molecule has 1 saturated heterocycles. The molecule has 0 aliphatic carbocycles. The highest BCUT2D eigenvalue weighted by atomic mass is 32.2. The number of nitrogens with zero attached hydrogens (tertiary/aromatic N) is 4. The molecule has 1 aliphatic rings. The number of hydrogen-bond donors (Lipinski definition) is 0. The Balaban J connectivity index is 1.48. The van der Waals surface area contributed by atoms with E-state index in [4.69, 9.17) is 4.98 Å². The molecule has 2 aromatic carbocycles. The van der Waals surface area contributed by atoms with Crippen LogP contribution in [0, 0.1) is 11.8 Å². The van der Waals surface area contributed by atoms with Crippen molar-refractivity contribution >= 4 is 42.6 Å². The van der Waals surface area contributed by atoms with Gasteiger partial charge in [0.2, 0.25) is 10.0 Å². The third kappa shape index (κ3) is 5.76. The van der Waals surface area contributed by atoms with Crippen LogP contribution < -0.4 is 4.90 Å². The van der Waals surface area contributed by atoms with E-state index >= 15 is 0 Å². The number of sulfonamides is 1. The Kier molecular flexibility index (Phi) is 7.84. The van der Waals surface area contributed by atoms with Gasteiger partial charge in [-0.05, 0) is 71.7 Å². The first-order chi connectivity index (χ1) is 18.6. The maximum absolute atomic E-state index is 13.9. The molecule has 2 atom stereocenters. The van der Waals surface area contributed by atoms with Crippen molar-refractivity contribution in [3.63, 3.8) is 0 Å². The number of pyridine rings is 1. The maximum atomic E-state index is 13.9. The van der Waals surface area contributed by atoms with Gasteiger partial charge in [0, 0.05) is 31.0 Å². The van der Waals surface area contributed by atoms with Gasteiger partial charge in [0.15, 0.2) is 5.13 Å². The van der Waals surface area contributed by atoms with Crippen LogP contribution in [0.15, 0.2) is 71.9 Å². The smallest absolute Gasteiger partial charge is 0.260 e. The fraction of sp³-hybridized carbons (Fsp3) is 0.367. The molecule has 0 spiro atoms. The number of rotatable bonds is 7. The van der Waals surface area contributed by atoms with E-state index in [1.807, 2.05) is 24.3 Å². The van der Waals surface area contributed by atoms with Crippen molar-refractivity contribution in [2.75, 3.05) is 18.0 Å². The fourth-order valence-electron chi connectivity index (χ4n) is 5.32. The Labute approximate surface area is 234 Å². The second-order valence-corrected chi connectivity index (χ2v) is 13.8. The molecule has 3 heterocycles. The zero-order chi connectivity index (χ0) is 27.7. The zero-order valence-corrected chi connectivity index (χ0v) is 24.4. The quantitative estimate of drug-likeness (QED) is 0.263. The average Bonchev–Trinajstić information content (AvgIpc) is 3.35. The van der Waals surface area contributed by atoms with Crippen molar-refractivity contribution < 1.29 is 13.2 Å². The van der Waals surface area contributed by atoms with Crippen LogP contribution in [0.4, 0.5) is 5.13 Å². The summed E-state index contributed by atoms with van der Waals surface area (Å²) < 4.78 is 29.3. The van der Waals surface area contributed by atoms with Crippen molar-refractivity contribution in [1.29, 1.82) is 0 Å². The monoisotopic (exact) mass is 562 g/mol. The van der Waals surface area contributed by atoms with Gasteiger partial charge in [-0.25, -0.2) is 13.4 Å². The van der Waals surface area contributed by atoms with E-state index in [9.17, 15) is 13.2 Å². The maximum Gasteiger partial charge on any atom is 0.260 e. The number of aromatic nitrogens is 2. The molecular formula is C30H34N4O3S2. The molecule has 0 N–H and O–H groups in total. The second-order valence-electron chi connectivity index (χ2n) is 10.9. The molecule has 1 amide bonds. The summed E-state index contributed by atoms with van der Waals surface area (Å²) in [6.45, 7) is 9.77. The van der Waals surface area contributed by atoms with Crippen LogP contribution in [-0.4, -0.2) is 41.7 Å². The number of para-hydroxylation sites is 1. The molecule has 39 heavy (non-hydrogen) atoms. The molecule has 2 unspecified atom stereocenters. The third-order valence-electron chi connectivity index (χ3n) is 7.17. The van der Waals surface area contributed by atoms with Crippen molar-refractivity contribution in [3.8, 4) is 0 Å². The second kappa shape index (κ2) is 11.2. The first-order valence-electron chi connectivity index (χ1n) is 13.3. The first kappa shape index (κ1) is 27.4. The standard InChI is InChI=1S/C30H34N4O3S2/c1-20(2)26-8-5-9-27-28(26)32-30(38-27)34(19-23-7-6-14-31-16-23)29(35)24-10-12-25(13-11-24)39(36,37)33-17-21(3)15-22(4)18-33/h5-14,16,20-22H,15,17-19H2,1-4H3. The number of benzene rings is 2. The van der Waals surface area contributed by atoms with Crippen LogP contribution in [0.5, 0.6) is 0 Å². The van der Waals surface area contributed by atoms with Crippen LogP contribution >= 0.6 is 11.3 Å². The predicted molar refractivity (Wildman–Crippen MR) is 157 cm³/mol. The highest BCUT2D eigenvalue weighted by Crippen LogP contribution is 2.35. The Morgan fingerprint density at radius 3 is 2.41 bits per heavy atom. The van der Waals surface area contributed by atoms with Gasteiger partial charge in [-0.2, -0.15) is 4.31 Å². The van der Waals surface area contributed by atoms with Crippen molar-refractivity contribution in [1.82, 2.24) is 14.3 Å². The summed E-state index contributed by atoms with van der Waals surface area (Å²) in [7, 11) is -3.63. The highest BCUT2D eigenvalue weighted by molar-refractivity contribution is 7.89. The van der Waals surface area contributed by atoms with Crippen molar-refractivity contribution in [2.24, 2.45) is 11.8 Å². The minimum Gasteiger partial charge on any atom is -0.279 e. The Morgan fingerprint density at radius 2 is 1.77 bits per heavy atom. The van der Waals surface area contributed by atoms with Gasteiger partial charge in [-0.3, -0.25) is 14.7 Å². The predicted octanol–water partition coefficient (Wildman–Crippen LogP) is 6.33. The summed E-state index contributed by atoms with van der Waals surface area (Å²) in [5.41, 5.74) is 3.32. The van der Waals surface area contributed by atoms with Crippen LogP contribution in [0.2, 0.25) is 0 Å². The van der Waals surface area contributed by atoms with E-state index in [0.717, 1.165) is 27.8 Å². The molecule has 5 rings (SSSR count). The number of fused-ring (bicyclic) bond motifs is 1. The molecular weight excluding hydrogens is 528 g/mol. The van der Waals surface area contributed by atoms with Gasteiger partial charge in [-0.1, -0.05) is 57.2 Å². The lowest BCUT2D eigenvalue weighted by Crippen LogP contribution is -2.42. The Hall–Kier alpha value is -3.14. The van der Waals surface area contributed by atoms with E-state index in [0.29, 0.717) is 48.1 Å². The van der Waals surface area contributed by atoms with Crippen LogP contribution in [0.25, 0.3) is 10.2 Å². The van der Waals surface area contributed by atoms with Crippen molar-refractivity contribution in [3.05, 3.63) is 83.7 Å². The van der Waals surface area contributed by atoms with Gasteiger partial charge in [-0.15, -0.1) is 0 Å². The lowest BCUT2D eigenvalue weighted by atomic mass is 9.94. The summed E-state index contributed by atoms with van der Waals surface area (Å²) in [5, 5.41) is 0.597. The van der Waals surface area contributed by atoms with Gasteiger partial charge in [0.1, 0.15) is 0 Å². The normalized spacial score (nSPS) is 18.5. The summed E-state index contributed by atoms with van der Waals surface area (Å²) in [4.78, 5) is 24.9. The summed E-state index contributed by atoms with van der Waals surface area (Å²) in [5.74, 6) is 0.686. The van der Waals surface area contributed by atoms with Gasteiger partial charge < -0.3 is 0 Å². The number of amides is 1. The van der Waals surface area contributed by atoms with Gasteiger partial charge in [0.05, 0.1) is 21.7 Å². The first-order valence-corrected chi connectivity index (χ1v) is 15.6. The Bertz CT molecular complexity index is 1560. The molecule has 1 aliphatic heterocycles. The minimum atomic E-state index is -3.63. The van der Waals surface area contributed by atoms with E-state index in [-0.39, 0.29) is 10.8 Å².